The standard InChI is InChI=1S/C19H30N4OS/c1-25-12-7-18(20)19(24)21-16-3-2-4-17(13-16)23-10-8-22(9-11-23)14-15-5-6-15/h2-4,13,15,18H,5-12,14,20H2,1H3,(H,21,24)/t18-/m0/s1. The van der Waals surface area contributed by atoms with Crippen LogP contribution in [0.25, 0.3) is 0 Å². The van der Waals surface area contributed by atoms with Crippen LogP contribution in [0, 0.1) is 5.92 Å². The van der Waals surface area contributed by atoms with Crippen LogP contribution in [0.5, 0.6) is 0 Å². The molecule has 3 N–H and O–H groups in total. The summed E-state index contributed by atoms with van der Waals surface area (Å²) in [6, 6.07) is 7.69. The van der Waals surface area contributed by atoms with Gasteiger partial charge in [0.2, 0.25) is 5.91 Å². The summed E-state index contributed by atoms with van der Waals surface area (Å²) in [6.45, 7) is 5.64. The monoisotopic (exact) mass is 362 g/mol. The molecule has 1 heterocycles. The SMILES string of the molecule is CSCC[C@H](N)C(=O)Nc1cccc(N2CCN(CC3CC3)CC2)c1. The third kappa shape index (κ3) is 5.62. The third-order valence-corrected chi connectivity index (χ3v) is 5.68. The molecule has 1 aromatic rings. The number of hydrogen-bond acceptors (Lipinski definition) is 5. The topological polar surface area (TPSA) is 61.6 Å². The third-order valence-electron chi connectivity index (χ3n) is 5.03. The molecule has 2 fully saturated rings. The Kier molecular flexibility index (Phi) is 6.62. The predicted molar refractivity (Wildman–Crippen MR) is 107 cm³/mol. The fourth-order valence-corrected chi connectivity index (χ4v) is 3.74. The molecular formula is C19H30N4OS. The van der Waals surface area contributed by atoms with Crippen molar-refractivity contribution in [2.24, 2.45) is 11.7 Å². The van der Waals surface area contributed by atoms with E-state index in [1.165, 1.54) is 25.1 Å². The number of carbonyl (C=O) groups is 1. The summed E-state index contributed by atoms with van der Waals surface area (Å²) in [5.74, 6) is 1.76. The van der Waals surface area contributed by atoms with Crippen molar-refractivity contribution in [3.05, 3.63) is 24.3 Å². The van der Waals surface area contributed by atoms with Crippen LogP contribution < -0.4 is 16.0 Å². The summed E-state index contributed by atoms with van der Waals surface area (Å²) in [7, 11) is 0. The number of hydrogen-bond donors (Lipinski definition) is 2. The quantitative estimate of drug-likeness (QED) is 0.743. The molecule has 1 saturated heterocycles. The first-order valence-electron chi connectivity index (χ1n) is 9.28. The summed E-state index contributed by atoms with van der Waals surface area (Å²) in [5, 5.41) is 2.96. The van der Waals surface area contributed by atoms with E-state index in [1.54, 1.807) is 11.8 Å². The molecule has 0 radical (unpaired) electrons. The maximum atomic E-state index is 12.2. The van der Waals surface area contributed by atoms with Crippen molar-refractivity contribution in [1.82, 2.24) is 4.90 Å². The molecule has 1 aliphatic carbocycles. The van der Waals surface area contributed by atoms with E-state index in [1.807, 2.05) is 18.4 Å². The van der Waals surface area contributed by atoms with Gasteiger partial charge in [0.15, 0.2) is 0 Å². The highest BCUT2D eigenvalue weighted by atomic mass is 32.2. The molecule has 1 atom stereocenters. The fraction of sp³-hybridized carbons (Fsp3) is 0.632. The van der Waals surface area contributed by atoms with E-state index in [-0.39, 0.29) is 5.91 Å². The maximum absolute atomic E-state index is 12.2. The Balaban J connectivity index is 1.51. The Morgan fingerprint density at radius 2 is 2.08 bits per heavy atom. The molecule has 0 bridgehead atoms. The van der Waals surface area contributed by atoms with E-state index in [2.05, 4.69) is 27.2 Å². The van der Waals surface area contributed by atoms with Crippen molar-refractivity contribution < 1.29 is 4.79 Å². The first-order chi connectivity index (χ1) is 12.2. The van der Waals surface area contributed by atoms with Crippen LogP contribution in [0.2, 0.25) is 0 Å². The molecule has 3 rings (SSSR count). The van der Waals surface area contributed by atoms with Crippen LogP contribution in [0.3, 0.4) is 0 Å². The fourth-order valence-electron chi connectivity index (χ4n) is 3.25. The van der Waals surface area contributed by atoms with Crippen molar-refractivity contribution in [1.29, 1.82) is 0 Å². The summed E-state index contributed by atoms with van der Waals surface area (Å²) >= 11 is 1.71. The molecular weight excluding hydrogens is 332 g/mol. The summed E-state index contributed by atoms with van der Waals surface area (Å²) < 4.78 is 0. The first kappa shape index (κ1) is 18.5. The average molecular weight is 363 g/mol. The van der Waals surface area contributed by atoms with E-state index in [9.17, 15) is 4.79 Å². The molecule has 1 saturated carbocycles. The summed E-state index contributed by atoms with van der Waals surface area (Å²) in [6.07, 6.45) is 5.57. The molecule has 0 spiro atoms. The first-order valence-corrected chi connectivity index (χ1v) is 10.7. The number of nitrogens with zero attached hydrogens (tertiary/aromatic N) is 2. The zero-order valence-corrected chi connectivity index (χ0v) is 15.9. The molecule has 6 heteroatoms. The highest BCUT2D eigenvalue weighted by Gasteiger charge is 2.26. The van der Waals surface area contributed by atoms with Crippen molar-refractivity contribution in [3.63, 3.8) is 0 Å². The largest absolute Gasteiger partial charge is 0.369 e. The van der Waals surface area contributed by atoms with Gasteiger partial charge in [0.1, 0.15) is 0 Å². The Hall–Kier alpha value is -1.24. The second-order valence-electron chi connectivity index (χ2n) is 7.16. The Labute approximate surface area is 155 Å². The van der Waals surface area contributed by atoms with Gasteiger partial charge in [-0.1, -0.05) is 6.07 Å². The highest BCUT2D eigenvalue weighted by molar-refractivity contribution is 7.98. The summed E-state index contributed by atoms with van der Waals surface area (Å²) in [5.41, 5.74) is 7.97. The normalized spacial score (nSPS) is 19.7. The Bertz CT molecular complexity index is 570. The molecule has 5 nitrogen and oxygen atoms in total. The van der Waals surface area contributed by atoms with Crippen LogP contribution in [-0.4, -0.2) is 61.6 Å². The van der Waals surface area contributed by atoms with Gasteiger partial charge in [-0.15, -0.1) is 0 Å². The van der Waals surface area contributed by atoms with Gasteiger partial charge in [-0.05, 0) is 55.4 Å². The molecule has 2 aliphatic rings. The lowest BCUT2D eigenvalue weighted by atomic mass is 10.2. The molecule has 1 amide bonds. The predicted octanol–water partition coefficient (Wildman–Crippen LogP) is 2.24. The number of thioether (sulfide) groups is 1. The molecule has 138 valence electrons. The number of nitrogens with two attached hydrogens (primary N) is 1. The number of amides is 1. The molecule has 1 aliphatic heterocycles. The molecule has 0 unspecified atom stereocenters. The Morgan fingerprint density at radius 1 is 1.32 bits per heavy atom. The van der Waals surface area contributed by atoms with Gasteiger partial charge in [0.25, 0.3) is 0 Å². The van der Waals surface area contributed by atoms with E-state index >= 15 is 0 Å². The number of benzene rings is 1. The minimum absolute atomic E-state index is 0.0968. The summed E-state index contributed by atoms with van der Waals surface area (Å²) in [4.78, 5) is 17.2. The number of nitrogens with one attached hydrogen (secondary N) is 1. The van der Waals surface area contributed by atoms with E-state index in [4.69, 9.17) is 5.73 Å². The molecule has 25 heavy (non-hydrogen) atoms. The van der Waals surface area contributed by atoms with Gasteiger partial charge < -0.3 is 16.0 Å². The van der Waals surface area contributed by atoms with Gasteiger partial charge in [-0.2, -0.15) is 11.8 Å². The smallest absolute Gasteiger partial charge is 0.241 e. The van der Waals surface area contributed by atoms with Gasteiger partial charge in [0.05, 0.1) is 6.04 Å². The lowest BCUT2D eigenvalue weighted by Crippen LogP contribution is -2.47. The van der Waals surface area contributed by atoms with Crippen molar-refractivity contribution in [2.45, 2.75) is 25.3 Å². The average Bonchev–Trinajstić information content (AvgIpc) is 3.44. The second kappa shape index (κ2) is 8.92. The van der Waals surface area contributed by atoms with Crippen LogP contribution in [0.4, 0.5) is 11.4 Å². The molecule has 0 aromatic heterocycles. The lowest BCUT2D eigenvalue weighted by Gasteiger charge is -2.36. The van der Waals surface area contributed by atoms with Crippen molar-refractivity contribution in [2.75, 3.05) is 54.9 Å². The van der Waals surface area contributed by atoms with Crippen LogP contribution >= 0.6 is 11.8 Å². The van der Waals surface area contributed by atoms with Gasteiger partial charge in [-0.25, -0.2) is 0 Å². The van der Waals surface area contributed by atoms with E-state index in [0.717, 1.165) is 43.5 Å². The Morgan fingerprint density at radius 3 is 2.76 bits per heavy atom. The second-order valence-corrected chi connectivity index (χ2v) is 8.14. The van der Waals surface area contributed by atoms with Gasteiger partial charge in [-0.3, -0.25) is 9.69 Å². The number of carbonyl (C=O) groups excluding carboxylic acids is 1. The van der Waals surface area contributed by atoms with E-state index in [0.29, 0.717) is 6.42 Å². The van der Waals surface area contributed by atoms with E-state index < -0.39 is 6.04 Å². The number of piperazine rings is 1. The zero-order valence-electron chi connectivity index (χ0n) is 15.1. The molecule has 1 aromatic carbocycles. The zero-order chi connectivity index (χ0) is 17.6. The van der Waals surface area contributed by atoms with Crippen LogP contribution in [0.1, 0.15) is 19.3 Å². The number of rotatable bonds is 8. The minimum atomic E-state index is -0.443. The van der Waals surface area contributed by atoms with Crippen molar-refractivity contribution >= 4 is 29.0 Å². The maximum Gasteiger partial charge on any atom is 0.241 e. The van der Waals surface area contributed by atoms with Crippen LogP contribution in [0.15, 0.2) is 24.3 Å². The van der Waals surface area contributed by atoms with Crippen molar-refractivity contribution in [3.8, 4) is 0 Å². The lowest BCUT2D eigenvalue weighted by molar-refractivity contribution is -0.117. The van der Waals surface area contributed by atoms with Crippen LogP contribution in [-0.2, 0) is 4.79 Å². The van der Waals surface area contributed by atoms with Gasteiger partial charge in [0, 0.05) is 44.1 Å². The van der Waals surface area contributed by atoms with Gasteiger partial charge >= 0.3 is 0 Å². The number of anilines is 2. The highest BCUT2D eigenvalue weighted by Crippen LogP contribution is 2.30. The minimum Gasteiger partial charge on any atom is -0.369 e.